The second-order valence-electron chi connectivity index (χ2n) is 4.47. The van der Waals surface area contributed by atoms with Crippen molar-refractivity contribution < 1.29 is 9.66 Å². The molecule has 0 saturated heterocycles. The number of hydrogen-bond acceptors (Lipinski definition) is 7. The van der Waals surface area contributed by atoms with Crippen LogP contribution in [-0.4, -0.2) is 42.2 Å². The zero-order valence-corrected chi connectivity index (χ0v) is 12.4. The summed E-state index contributed by atoms with van der Waals surface area (Å²) in [5.74, 6) is 0.404. The Morgan fingerprint density at radius 1 is 1.32 bits per heavy atom. The highest BCUT2D eigenvalue weighted by atomic mass is 16.6. The Balaban J connectivity index is 2.38. The van der Waals surface area contributed by atoms with Crippen molar-refractivity contribution in [1.82, 2.24) is 9.97 Å². The van der Waals surface area contributed by atoms with Crippen molar-refractivity contribution in [2.24, 2.45) is 0 Å². The molecular weight excluding hydrogens is 286 g/mol. The van der Waals surface area contributed by atoms with Crippen LogP contribution in [0, 0.1) is 10.1 Å². The van der Waals surface area contributed by atoms with E-state index in [-0.39, 0.29) is 17.3 Å². The zero-order valence-electron chi connectivity index (χ0n) is 12.4. The first-order valence-corrected chi connectivity index (χ1v) is 6.66. The number of nitrogens with one attached hydrogen (secondary N) is 1. The number of benzene rings is 1. The molecule has 0 bridgehead atoms. The van der Waals surface area contributed by atoms with Crippen LogP contribution in [0.15, 0.2) is 36.7 Å². The highest BCUT2D eigenvalue weighted by Gasteiger charge is 2.25. The minimum Gasteiger partial charge on any atom is -0.383 e. The van der Waals surface area contributed by atoms with E-state index in [0.29, 0.717) is 13.2 Å². The molecule has 0 aliphatic rings. The van der Waals surface area contributed by atoms with Crippen molar-refractivity contribution in [3.05, 3.63) is 46.8 Å². The van der Waals surface area contributed by atoms with E-state index < -0.39 is 4.92 Å². The van der Waals surface area contributed by atoms with Crippen LogP contribution in [0.5, 0.6) is 0 Å². The molecule has 2 rings (SSSR count). The molecule has 116 valence electrons. The monoisotopic (exact) mass is 303 g/mol. The van der Waals surface area contributed by atoms with Gasteiger partial charge in [-0.15, -0.1) is 0 Å². The molecule has 0 atom stereocenters. The quantitative estimate of drug-likeness (QED) is 0.476. The average molecular weight is 303 g/mol. The second-order valence-corrected chi connectivity index (χ2v) is 4.47. The van der Waals surface area contributed by atoms with Crippen molar-refractivity contribution in [2.45, 2.75) is 0 Å². The van der Waals surface area contributed by atoms with Crippen LogP contribution in [0.1, 0.15) is 0 Å². The summed E-state index contributed by atoms with van der Waals surface area (Å²) in [4.78, 5) is 20.6. The van der Waals surface area contributed by atoms with E-state index in [4.69, 9.17) is 4.74 Å². The van der Waals surface area contributed by atoms with Crippen molar-refractivity contribution in [2.75, 3.05) is 37.5 Å². The fourth-order valence-corrected chi connectivity index (χ4v) is 1.96. The van der Waals surface area contributed by atoms with E-state index in [1.54, 1.807) is 19.1 Å². The van der Waals surface area contributed by atoms with E-state index in [0.717, 1.165) is 5.69 Å². The molecule has 1 N–H and O–H groups in total. The maximum absolute atomic E-state index is 11.4. The summed E-state index contributed by atoms with van der Waals surface area (Å²) in [6.45, 7) is 0.841. The molecule has 0 amide bonds. The molecule has 0 saturated carbocycles. The Bertz CT molecular complexity index is 636. The molecule has 0 unspecified atom stereocenters. The summed E-state index contributed by atoms with van der Waals surface area (Å²) in [6.07, 6.45) is 1.30. The van der Waals surface area contributed by atoms with Crippen molar-refractivity contribution >= 4 is 23.0 Å². The van der Waals surface area contributed by atoms with Crippen LogP contribution >= 0.6 is 0 Å². The lowest BCUT2D eigenvalue weighted by atomic mass is 10.3. The minimum absolute atomic E-state index is 0.162. The summed E-state index contributed by atoms with van der Waals surface area (Å²) in [5, 5.41) is 14.3. The Hall–Kier alpha value is -2.74. The first kappa shape index (κ1) is 15.6. The highest BCUT2D eigenvalue weighted by Crippen LogP contribution is 2.34. The predicted octanol–water partition coefficient (Wildman–Crippen LogP) is 2.21. The van der Waals surface area contributed by atoms with Crippen LogP contribution in [0.2, 0.25) is 0 Å². The van der Waals surface area contributed by atoms with Gasteiger partial charge in [0.05, 0.1) is 11.5 Å². The fourth-order valence-electron chi connectivity index (χ4n) is 1.96. The standard InChI is InChI=1S/C14H17N5O3/c1-18(11-6-4-3-5-7-11)14-12(19(20)21)13(16-10-17-14)15-8-9-22-2/h3-7,10H,8-9H2,1-2H3,(H,15,16,17). The minimum atomic E-state index is -0.482. The van der Waals surface area contributed by atoms with Crippen molar-refractivity contribution in [3.8, 4) is 0 Å². The molecule has 0 fully saturated rings. The number of aromatic nitrogens is 2. The maximum atomic E-state index is 11.4. The molecule has 8 heteroatoms. The van der Waals surface area contributed by atoms with Crippen LogP contribution in [-0.2, 0) is 4.74 Å². The largest absolute Gasteiger partial charge is 0.383 e. The first-order chi connectivity index (χ1) is 10.6. The maximum Gasteiger partial charge on any atom is 0.353 e. The number of anilines is 3. The fraction of sp³-hybridized carbons (Fsp3) is 0.286. The number of methoxy groups -OCH3 is 1. The molecule has 0 aliphatic heterocycles. The molecule has 1 aromatic heterocycles. The van der Waals surface area contributed by atoms with Gasteiger partial charge in [-0.1, -0.05) is 18.2 Å². The smallest absolute Gasteiger partial charge is 0.353 e. The first-order valence-electron chi connectivity index (χ1n) is 6.66. The normalized spacial score (nSPS) is 10.3. The van der Waals surface area contributed by atoms with Crippen molar-refractivity contribution in [1.29, 1.82) is 0 Å². The summed E-state index contributed by atoms with van der Waals surface area (Å²) in [6, 6.07) is 9.30. The molecule has 0 aliphatic carbocycles. The summed E-state index contributed by atoms with van der Waals surface area (Å²) in [7, 11) is 3.29. The average Bonchev–Trinajstić information content (AvgIpc) is 2.54. The van der Waals surface area contributed by atoms with Gasteiger partial charge in [-0.25, -0.2) is 9.97 Å². The van der Waals surface area contributed by atoms with Crippen LogP contribution in [0.3, 0.4) is 0 Å². The predicted molar refractivity (Wildman–Crippen MR) is 83.6 cm³/mol. The number of para-hydroxylation sites is 1. The van der Waals surface area contributed by atoms with Gasteiger partial charge < -0.3 is 15.0 Å². The van der Waals surface area contributed by atoms with Gasteiger partial charge in [0.1, 0.15) is 6.33 Å². The Morgan fingerprint density at radius 3 is 2.68 bits per heavy atom. The molecule has 8 nitrogen and oxygen atoms in total. The SMILES string of the molecule is COCCNc1ncnc(N(C)c2ccccc2)c1[N+](=O)[O-]. The van der Waals surface area contributed by atoms with Gasteiger partial charge in [-0.2, -0.15) is 0 Å². The van der Waals surface area contributed by atoms with Gasteiger partial charge in [0.15, 0.2) is 0 Å². The third-order valence-electron chi connectivity index (χ3n) is 3.05. The molecule has 0 spiro atoms. The number of hydrogen-bond donors (Lipinski definition) is 1. The molecule has 0 radical (unpaired) electrons. The van der Waals surface area contributed by atoms with Gasteiger partial charge in [-0.3, -0.25) is 10.1 Å². The Labute approximate surface area is 127 Å². The third-order valence-corrected chi connectivity index (χ3v) is 3.05. The third kappa shape index (κ3) is 3.47. The van der Waals surface area contributed by atoms with E-state index in [1.807, 2.05) is 30.3 Å². The lowest BCUT2D eigenvalue weighted by Crippen LogP contribution is -2.16. The highest BCUT2D eigenvalue weighted by molar-refractivity contribution is 5.75. The van der Waals surface area contributed by atoms with Gasteiger partial charge in [0, 0.05) is 26.4 Å². The summed E-state index contributed by atoms with van der Waals surface area (Å²) >= 11 is 0. The molecular formula is C14H17N5O3. The zero-order chi connectivity index (χ0) is 15.9. The Morgan fingerprint density at radius 2 is 2.05 bits per heavy atom. The number of ether oxygens (including phenoxy) is 1. The van der Waals surface area contributed by atoms with Gasteiger partial charge in [0.2, 0.25) is 11.6 Å². The van der Waals surface area contributed by atoms with Crippen LogP contribution in [0.25, 0.3) is 0 Å². The Kier molecular flexibility index (Phi) is 5.21. The van der Waals surface area contributed by atoms with Gasteiger partial charge in [0.25, 0.3) is 0 Å². The molecule has 22 heavy (non-hydrogen) atoms. The van der Waals surface area contributed by atoms with Crippen LogP contribution in [0.4, 0.5) is 23.0 Å². The topological polar surface area (TPSA) is 93.4 Å². The van der Waals surface area contributed by atoms with Gasteiger partial charge in [-0.05, 0) is 12.1 Å². The number of rotatable bonds is 7. The summed E-state index contributed by atoms with van der Waals surface area (Å²) in [5.41, 5.74) is 0.636. The molecule has 1 heterocycles. The lowest BCUT2D eigenvalue weighted by Gasteiger charge is -2.18. The molecule has 2 aromatic rings. The van der Waals surface area contributed by atoms with Crippen LogP contribution < -0.4 is 10.2 Å². The van der Waals surface area contributed by atoms with E-state index in [1.165, 1.54) is 6.33 Å². The van der Waals surface area contributed by atoms with E-state index >= 15 is 0 Å². The number of nitro groups is 1. The number of nitrogens with zero attached hydrogens (tertiary/aromatic N) is 4. The van der Waals surface area contributed by atoms with E-state index in [2.05, 4.69) is 15.3 Å². The lowest BCUT2D eigenvalue weighted by molar-refractivity contribution is -0.383. The molecule has 1 aromatic carbocycles. The van der Waals surface area contributed by atoms with E-state index in [9.17, 15) is 10.1 Å². The second kappa shape index (κ2) is 7.32. The van der Waals surface area contributed by atoms with Gasteiger partial charge >= 0.3 is 5.69 Å². The van der Waals surface area contributed by atoms with Crippen molar-refractivity contribution in [3.63, 3.8) is 0 Å². The summed E-state index contributed by atoms with van der Waals surface area (Å²) < 4.78 is 4.92.